The smallest absolute Gasteiger partial charge is 0.162 e. The maximum Gasteiger partial charge on any atom is 0.162 e. The SMILES string of the molecule is C=C(C)CCOCc1cc(CN)no1. The van der Waals surface area contributed by atoms with E-state index in [1.165, 1.54) is 0 Å². The summed E-state index contributed by atoms with van der Waals surface area (Å²) in [6.45, 7) is 7.26. The molecule has 1 aromatic heterocycles. The van der Waals surface area contributed by atoms with Crippen molar-refractivity contribution in [3.8, 4) is 0 Å². The van der Waals surface area contributed by atoms with Crippen LogP contribution in [0.25, 0.3) is 0 Å². The van der Waals surface area contributed by atoms with Crippen LogP contribution in [0.5, 0.6) is 0 Å². The normalized spacial score (nSPS) is 10.4. The zero-order valence-corrected chi connectivity index (χ0v) is 8.45. The van der Waals surface area contributed by atoms with Crippen LogP contribution in [0.2, 0.25) is 0 Å². The Labute approximate surface area is 83.7 Å². The Bertz CT molecular complexity index is 294. The molecule has 0 fully saturated rings. The van der Waals surface area contributed by atoms with Gasteiger partial charge in [0.2, 0.25) is 0 Å². The first-order valence-electron chi connectivity index (χ1n) is 4.59. The largest absolute Gasteiger partial charge is 0.373 e. The molecule has 0 unspecified atom stereocenters. The highest BCUT2D eigenvalue weighted by Crippen LogP contribution is 2.05. The molecule has 14 heavy (non-hydrogen) atoms. The number of nitrogens with two attached hydrogens (primary N) is 1. The molecule has 0 aliphatic rings. The van der Waals surface area contributed by atoms with E-state index in [1.807, 2.05) is 6.92 Å². The Morgan fingerprint density at radius 1 is 1.71 bits per heavy atom. The minimum absolute atomic E-state index is 0.398. The highest BCUT2D eigenvalue weighted by atomic mass is 16.5. The van der Waals surface area contributed by atoms with Crippen LogP contribution in [0.4, 0.5) is 0 Å². The van der Waals surface area contributed by atoms with Gasteiger partial charge >= 0.3 is 0 Å². The maximum atomic E-state index is 5.38. The molecule has 4 heteroatoms. The van der Waals surface area contributed by atoms with Crippen molar-refractivity contribution >= 4 is 0 Å². The molecule has 1 heterocycles. The molecular weight excluding hydrogens is 180 g/mol. The van der Waals surface area contributed by atoms with Crippen LogP contribution >= 0.6 is 0 Å². The fraction of sp³-hybridized carbons (Fsp3) is 0.500. The van der Waals surface area contributed by atoms with Gasteiger partial charge in [-0.1, -0.05) is 10.7 Å². The van der Waals surface area contributed by atoms with Crippen LogP contribution in [0, 0.1) is 0 Å². The van der Waals surface area contributed by atoms with Crippen molar-refractivity contribution in [2.45, 2.75) is 26.5 Å². The predicted molar refractivity (Wildman–Crippen MR) is 53.5 cm³/mol. The van der Waals surface area contributed by atoms with E-state index in [0.29, 0.717) is 25.5 Å². The number of aromatic nitrogens is 1. The van der Waals surface area contributed by atoms with Crippen molar-refractivity contribution in [3.05, 3.63) is 29.7 Å². The molecule has 0 spiro atoms. The molecule has 78 valence electrons. The summed E-state index contributed by atoms with van der Waals surface area (Å²) in [6.07, 6.45) is 0.873. The van der Waals surface area contributed by atoms with E-state index < -0.39 is 0 Å². The second-order valence-corrected chi connectivity index (χ2v) is 3.25. The monoisotopic (exact) mass is 196 g/mol. The Morgan fingerprint density at radius 2 is 2.50 bits per heavy atom. The number of nitrogens with zero attached hydrogens (tertiary/aromatic N) is 1. The Kier molecular flexibility index (Phi) is 4.35. The van der Waals surface area contributed by atoms with Crippen LogP contribution in [-0.2, 0) is 17.9 Å². The van der Waals surface area contributed by atoms with E-state index in [4.69, 9.17) is 15.0 Å². The molecule has 4 nitrogen and oxygen atoms in total. The van der Waals surface area contributed by atoms with Gasteiger partial charge in [0, 0.05) is 12.6 Å². The Morgan fingerprint density at radius 3 is 3.07 bits per heavy atom. The molecule has 1 aromatic rings. The van der Waals surface area contributed by atoms with Gasteiger partial charge in [-0.15, -0.1) is 6.58 Å². The molecule has 0 saturated carbocycles. The molecule has 2 N–H and O–H groups in total. The lowest BCUT2D eigenvalue weighted by molar-refractivity contribution is 0.104. The van der Waals surface area contributed by atoms with Gasteiger partial charge in [0.05, 0.1) is 12.3 Å². The van der Waals surface area contributed by atoms with Gasteiger partial charge in [0.25, 0.3) is 0 Å². The third kappa shape index (κ3) is 3.72. The molecule has 0 aliphatic heterocycles. The topological polar surface area (TPSA) is 61.3 Å². The Hall–Kier alpha value is -1.13. The quantitative estimate of drug-likeness (QED) is 0.554. The van der Waals surface area contributed by atoms with Crippen LogP contribution in [-0.4, -0.2) is 11.8 Å². The number of ether oxygens (including phenoxy) is 1. The zero-order chi connectivity index (χ0) is 10.4. The van der Waals surface area contributed by atoms with Crippen molar-refractivity contribution in [2.75, 3.05) is 6.61 Å². The third-order valence-electron chi connectivity index (χ3n) is 1.73. The van der Waals surface area contributed by atoms with Crippen LogP contribution in [0.3, 0.4) is 0 Å². The maximum absolute atomic E-state index is 5.38. The first kappa shape index (κ1) is 10.9. The van der Waals surface area contributed by atoms with Crippen molar-refractivity contribution in [3.63, 3.8) is 0 Å². The summed E-state index contributed by atoms with van der Waals surface area (Å²) < 4.78 is 10.3. The lowest BCUT2D eigenvalue weighted by Gasteiger charge is -2.00. The van der Waals surface area contributed by atoms with Gasteiger partial charge < -0.3 is 15.0 Å². The molecule has 0 amide bonds. The predicted octanol–water partition coefficient (Wildman–Crippen LogP) is 1.62. The fourth-order valence-electron chi connectivity index (χ4n) is 0.939. The van der Waals surface area contributed by atoms with E-state index in [-0.39, 0.29) is 0 Å². The van der Waals surface area contributed by atoms with E-state index in [0.717, 1.165) is 17.7 Å². The lowest BCUT2D eigenvalue weighted by Crippen LogP contribution is -1.96. The minimum Gasteiger partial charge on any atom is -0.373 e. The summed E-state index contributed by atoms with van der Waals surface area (Å²) >= 11 is 0. The van der Waals surface area contributed by atoms with Gasteiger partial charge in [0.15, 0.2) is 5.76 Å². The number of rotatable bonds is 6. The van der Waals surface area contributed by atoms with Crippen molar-refractivity contribution in [2.24, 2.45) is 5.73 Å². The van der Waals surface area contributed by atoms with Gasteiger partial charge in [-0.25, -0.2) is 0 Å². The first-order chi connectivity index (χ1) is 6.72. The van der Waals surface area contributed by atoms with Gasteiger partial charge in [-0.3, -0.25) is 0 Å². The van der Waals surface area contributed by atoms with Crippen molar-refractivity contribution in [1.82, 2.24) is 5.16 Å². The molecular formula is C10H16N2O2. The molecule has 0 aromatic carbocycles. The second kappa shape index (κ2) is 5.57. The van der Waals surface area contributed by atoms with Gasteiger partial charge in [-0.05, 0) is 13.3 Å². The van der Waals surface area contributed by atoms with Crippen LogP contribution < -0.4 is 5.73 Å². The standard InChI is InChI=1S/C10H16N2O2/c1-8(2)3-4-13-7-10-5-9(6-11)12-14-10/h5H,1,3-4,6-7,11H2,2H3. The molecule has 0 radical (unpaired) electrons. The number of hydrogen-bond donors (Lipinski definition) is 1. The van der Waals surface area contributed by atoms with Crippen LogP contribution in [0.15, 0.2) is 22.7 Å². The van der Waals surface area contributed by atoms with Crippen molar-refractivity contribution in [1.29, 1.82) is 0 Å². The van der Waals surface area contributed by atoms with Gasteiger partial charge in [0.1, 0.15) is 6.61 Å². The van der Waals surface area contributed by atoms with Crippen molar-refractivity contribution < 1.29 is 9.26 Å². The molecule has 0 atom stereocenters. The molecule has 0 aliphatic carbocycles. The summed E-state index contributed by atoms with van der Waals surface area (Å²) in [6, 6.07) is 1.81. The Balaban J connectivity index is 2.21. The average Bonchev–Trinajstić information content (AvgIpc) is 2.60. The van der Waals surface area contributed by atoms with E-state index in [2.05, 4.69) is 11.7 Å². The minimum atomic E-state index is 0.398. The molecule has 1 rings (SSSR count). The van der Waals surface area contributed by atoms with E-state index in [9.17, 15) is 0 Å². The highest BCUT2D eigenvalue weighted by molar-refractivity contribution is 5.03. The number of hydrogen-bond acceptors (Lipinski definition) is 4. The summed E-state index contributed by atoms with van der Waals surface area (Å²) in [5.41, 5.74) is 7.25. The second-order valence-electron chi connectivity index (χ2n) is 3.25. The summed E-state index contributed by atoms with van der Waals surface area (Å²) in [7, 11) is 0. The van der Waals surface area contributed by atoms with E-state index in [1.54, 1.807) is 6.07 Å². The fourth-order valence-corrected chi connectivity index (χ4v) is 0.939. The zero-order valence-electron chi connectivity index (χ0n) is 8.45. The summed E-state index contributed by atoms with van der Waals surface area (Å²) in [4.78, 5) is 0. The van der Waals surface area contributed by atoms with Crippen LogP contribution in [0.1, 0.15) is 24.8 Å². The van der Waals surface area contributed by atoms with Gasteiger partial charge in [-0.2, -0.15) is 0 Å². The summed E-state index contributed by atoms with van der Waals surface area (Å²) in [5.74, 6) is 0.715. The summed E-state index contributed by atoms with van der Waals surface area (Å²) in [5, 5.41) is 3.75. The highest BCUT2D eigenvalue weighted by Gasteiger charge is 2.01. The lowest BCUT2D eigenvalue weighted by atomic mass is 10.3. The first-order valence-corrected chi connectivity index (χ1v) is 4.59. The van der Waals surface area contributed by atoms with E-state index >= 15 is 0 Å². The molecule has 0 bridgehead atoms. The average molecular weight is 196 g/mol. The molecule has 0 saturated heterocycles. The third-order valence-corrected chi connectivity index (χ3v) is 1.73.